The average Bonchev–Trinajstić information content (AvgIpc) is 3.04. The van der Waals surface area contributed by atoms with Crippen molar-refractivity contribution in [3.05, 3.63) is 35.6 Å². The fourth-order valence-corrected chi connectivity index (χ4v) is 2.73. The molecular formula is C15H18N2O2. The number of fused-ring (bicyclic) bond motifs is 1. The van der Waals surface area contributed by atoms with Crippen LogP contribution < -0.4 is 5.73 Å². The molecule has 0 spiro atoms. The molecule has 1 amide bonds. The van der Waals surface area contributed by atoms with E-state index in [1.807, 2.05) is 36.1 Å². The topological polar surface area (TPSA) is 59.5 Å². The van der Waals surface area contributed by atoms with E-state index in [2.05, 4.69) is 0 Å². The summed E-state index contributed by atoms with van der Waals surface area (Å²) >= 11 is 0. The molecule has 4 nitrogen and oxygen atoms in total. The highest BCUT2D eigenvalue weighted by Gasteiger charge is 2.29. The number of furan rings is 1. The van der Waals surface area contributed by atoms with E-state index in [4.69, 9.17) is 10.2 Å². The highest BCUT2D eigenvalue weighted by atomic mass is 16.3. The quantitative estimate of drug-likeness (QED) is 0.898. The second kappa shape index (κ2) is 4.70. The fraction of sp³-hybridized carbons (Fsp3) is 0.400. The zero-order valence-corrected chi connectivity index (χ0v) is 11.1. The first-order valence-corrected chi connectivity index (χ1v) is 6.68. The maximum atomic E-state index is 12.5. The van der Waals surface area contributed by atoms with Gasteiger partial charge in [-0.15, -0.1) is 0 Å². The molecule has 2 aromatic rings. The van der Waals surface area contributed by atoms with E-state index >= 15 is 0 Å². The van der Waals surface area contributed by atoms with Crippen molar-refractivity contribution >= 4 is 16.9 Å². The summed E-state index contributed by atoms with van der Waals surface area (Å²) in [7, 11) is 0. The van der Waals surface area contributed by atoms with Gasteiger partial charge < -0.3 is 15.1 Å². The minimum absolute atomic E-state index is 0.00958. The van der Waals surface area contributed by atoms with Gasteiger partial charge in [-0.05, 0) is 31.9 Å². The summed E-state index contributed by atoms with van der Waals surface area (Å²) < 4.78 is 5.72. The predicted molar refractivity (Wildman–Crippen MR) is 74.0 cm³/mol. The Bertz CT molecular complexity index is 618. The molecule has 0 radical (unpaired) electrons. The summed E-state index contributed by atoms with van der Waals surface area (Å²) in [6, 6.07) is 7.75. The lowest BCUT2D eigenvalue weighted by molar-refractivity contribution is 0.0757. The monoisotopic (exact) mass is 258 g/mol. The largest absolute Gasteiger partial charge is 0.451 e. The lowest BCUT2D eigenvalue weighted by Crippen LogP contribution is -2.30. The van der Waals surface area contributed by atoms with E-state index in [0.717, 1.165) is 36.0 Å². The molecule has 1 saturated heterocycles. The Hall–Kier alpha value is -1.81. The third-order valence-electron chi connectivity index (χ3n) is 3.94. The van der Waals surface area contributed by atoms with Crippen LogP contribution in [-0.4, -0.2) is 30.4 Å². The number of carbonyl (C=O) groups is 1. The zero-order chi connectivity index (χ0) is 13.4. The van der Waals surface area contributed by atoms with Crippen LogP contribution in [0.3, 0.4) is 0 Å². The van der Waals surface area contributed by atoms with E-state index in [0.29, 0.717) is 18.2 Å². The number of nitrogens with zero attached hydrogens (tertiary/aromatic N) is 1. The number of likely N-dealkylation sites (tertiary alicyclic amines) is 1. The number of aryl methyl sites for hydroxylation is 1. The van der Waals surface area contributed by atoms with Gasteiger partial charge in [0.15, 0.2) is 5.76 Å². The standard InChI is InChI=1S/C15H18N2O2/c1-10-12-4-2-3-5-13(12)19-14(10)15(18)17-7-6-11(8-16)9-17/h2-5,11H,6-9,16H2,1H3. The molecular weight excluding hydrogens is 240 g/mol. The first kappa shape index (κ1) is 12.2. The van der Waals surface area contributed by atoms with Crippen molar-refractivity contribution in [2.75, 3.05) is 19.6 Å². The summed E-state index contributed by atoms with van der Waals surface area (Å²) in [6.07, 6.45) is 0.988. The third kappa shape index (κ3) is 2.02. The highest BCUT2D eigenvalue weighted by molar-refractivity contribution is 5.99. The van der Waals surface area contributed by atoms with Gasteiger partial charge in [0.25, 0.3) is 5.91 Å². The second-order valence-electron chi connectivity index (χ2n) is 5.19. The average molecular weight is 258 g/mol. The molecule has 1 aliphatic rings. The number of hydrogen-bond acceptors (Lipinski definition) is 3. The fourth-order valence-electron chi connectivity index (χ4n) is 2.73. The summed E-state index contributed by atoms with van der Waals surface area (Å²) in [6.45, 7) is 4.10. The van der Waals surface area contributed by atoms with Crippen LogP contribution in [0.1, 0.15) is 22.5 Å². The first-order valence-electron chi connectivity index (χ1n) is 6.68. The Morgan fingerprint density at radius 3 is 2.95 bits per heavy atom. The van der Waals surface area contributed by atoms with Crippen LogP contribution in [0.15, 0.2) is 28.7 Å². The number of benzene rings is 1. The summed E-state index contributed by atoms with van der Waals surface area (Å²) in [4.78, 5) is 14.3. The normalized spacial score (nSPS) is 19.3. The minimum atomic E-state index is -0.00958. The molecule has 3 rings (SSSR count). The van der Waals surface area contributed by atoms with E-state index in [1.165, 1.54) is 0 Å². The van der Waals surface area contributed by atoms with Crippen LogP contribution in [0, 0.1) is 12.8 Å². The summed E-state index contributed by atoms with van der Waals surface area (Å²) in [5.74, 6) is 0.886. The van der Waals surface area contributed by atoms with Gasteiger partial charge in [-0.3, -0.25) is 4.79 Å². The maximum absolute atomic E-state index is 12.5. The first-order chi connectivity index (χ1) is 9.20. The van der Waals surface area contributed by atoms with E-state index in [1.54, 1.807) is 0 Å². The molecule has 0 saturated carbocycles. The Kier molecular flexibility index (Phi) is 3.03. The van der Waals surface area contributed by atoms with Gasteiger partial charge in [0.05, 0.1) is 0 Å². The van der Waals surface area contributed by atoms with Crippen molar-refractivity contribution in [1.82, 2.24) is 4.90 Å². The molecule has 1 fully saturated rings. The second-order valence-corrected chi connectivity index (χ2v) is 5.19. The number of para-hydroxylation sites is 1. The molecule has 2 heterocycles. The van der Waals surface area contributed by atoms with Gasteiger partial charge in [0.1, 0.15) is 5.58 Å². The van der Waals surface area contributed by atoms with Crippen molar-refractivity contribution in [3.63, 3.8) is 0 Å². The maximum Gasteiger partial charge on any atom is 0.289 e. The van der Waals surface area contributed by atoms with Gasteiger partial charge in [0, 0.05) is 24.0 Å². The number of hydrogen-bond donors (Lipinski definition) is 1. The molecule has 0 bridgehead atoms. The molecule has 4 heteroatoms. The number of amides is 1. The van der Waals surface area contributed by atoms with E-state index < -0.39 is 0 Å². The van der Waals surface area contributed by atoms with Crippen LogP contribution in [0.2, 0.25) is 0 Å². The molecule has 1 atom stereocenters. The zero-order valence-electron chi connectivity index (χ0n) is 11.1. The highest BCUT2D eigenvalue weighted by Crippen LogP contribution is 2.27. The SMILES string of the molecule is Cc1c(C(=O)N2CCC(CN)C2)oc2ccccc12. The summed E-state index contributed by atoms with van der Waals surface area (Å²) in [5, 5.41) is 1.01. The molecule has 0 aliphatic carbocycles. The summed E-state index contributed by atoms with van der Waals surface area (Å²) in [5.41, 5.74) is 7.37. The van der Waals surface area contributed by atoms with E-state index in [-0.39, 0.29) is 5.91 Å². The van der Waals surface area contributed by atoms with Crippen molar-refractivity contribution < 1.29 is 9.21 Å². The van der Waals surface area contributed by atoms with Crippen molar-refractivity contribution in [3.8, 4) is 0 Å². The van der Waals surface area contributed by atoms with Gasteiger partial charge >= 0.3 is 0 Å². The molecule has 19 heavy (non-hydrogen) atoms. The molecule has 1 aromatic heterocycles. The number of carbonyl (C=O) groups excluding carboxylic acids is 1. The van der Waals surface area contributed by atoms with Crippen molar-refractivity contribution in [2.24, 2.45) is 11.7 Å². The van der Waals surface area contributed by atoms with Crippen LogP contribution in [0.4, 0.5) is 0 Å². The number of nitrogens with two attached hydrogens (primary N) is 1. The van der Waals surface area contributed by atoms with Crippen LogP contribution in [0.5, 0.6) is 0 Å². The van der Waals surface area contributed by atoms with Crippen molar-refractivity contribution in [1.29, 1.82) is 0 Å². The molecule has 100 valence electrons. The van der Waals surface area contributed by atoms with Crippen LogP contribution in [-0.2, 0) is 0 Å². The lowest BCUT2D eigenvalue weighted by Gasteiger charge is -2.14. The number of rotatable bonds is 2. The third-order valence-corrected chi connectivity index (χ3v) is 3.94. The Labute approximate surface area is 112 Å². The lowest BCUT2D eigenvalue weighted by atomic mass is 10.1. The van der Waals surface area contributed by atoms with Crippen LogP contribution >= 0.6 is 0 Å². The van der Waals surface area contributed by atoms with Gasteiger partial charge in [0.2, 0.25) is 0 Å². The smallest absolute Gasteiger partial charge is 0.289 e. The van der Waals surface area contributed by atoms with Crippen LogP contribution in [0.25, 0.3) is 11.0 Å². The molecule has 1 aliphatic heterocycles. The van der Waals surface area contributed by atoms with E-state index in [9.17, 15) is 4.79 Å². The van der Waals surface area contributed by atoms with Gasteiger partial charge in [-0.1, -0.05) is 18.2 Å². The Morgan fingerprint density at radius 2 is 2.26 bits per heavy atom. The molecule has 1 unspecified atom stereocenters. The van der Waals surface area contributed by atoms with Gasteiger partial charge in [-0.25, -0.2) is 0 Å². The van der Waals surface area contributed by atoms with Gasteiger partial charge in [-0.2, -0.15) is 0 Å². The Morgan fingerprint density at radius 1 is 1.47 bits per heavy atom. The predicted octanol–water partition coefficient (Wildman–Crippen LogP) is 2.16. The molecule has 1 aromatic carbocycles. The molecule has 2 N–H and O–H groups in total. The Balaban J connectivity index is 1.92. The minimum Gasteiger partial charge on any atom is -0.451 e. The van der Waals surface area contributed by atoms with Crippen molar-refractivity contribution in [2.45, 2.75) is 13.3 Å².